The number of hydrogen-bond acceptors (Lipinski definition) is 2. The molecule has 0 rings (SSSR count). The molecular formula is C3H4FNO2. The maximum absolute atomic E-state index is 11.4. The van der Waals surface area contributed by atoms with E-state index in [1.54, 1.807) is 0 Å². The van der Waals surface area contributed by atoms with Crippen molar-refractivity contribution in [3.8, 4) is 0 Å². The van der Waals surface area contributed by atoms with E-state index in [1.165, 1.54) is 0 Å². The van der Waals surface area contributed by atoms with Crippen molar-refractivity contribution in [2.75, 3.05) is 0 Å². The van der Waals surface area contributed by atoms with Gasteiger partial charge in [0, 0.05) is 6.20 Å². The molecule has 0 saturated heterocycles. The minimum Gasteiger partial charge on any atom is -0.476 e. The predicted molar refractivity (Wildman–Crippen MR) is 21.0 cm³/mol. The van der Waals surface area contributed by atoms with Crippen LogP contribution in [0.2, 0.25) is 0 Å². The van der Waals surface area contributed by atoms with Gasteiger partial charge in [-0.05, 0) is 0 Å². The number of rotatable bonds is 1. The fraction of sp³-hybridized carbons (Fsp3) is 0. The van der Waals surface area contributed by atoms with Crippen LogP contribution in [0.1, 0.15) is 0 Å². The lowest BCUT2D eigenvalue weighted by atomic mass is 10.6. The van der Waals surface area contributed by atoms with Gasteiger partial charge in [0.25, 0.3) is 0 Å². The first-order valence-electron chi connectivity index (χ1n) is 1.49. The highest BCUT2D eigenvalue weighted by molar-refractivity contribution is 5.83. The van der Waals surface area contributed by atoms with Crippen LogP contribution < -0.4 is 5.73 Å². The number of carboxylic acids is 1. The molecule has 0 spiro atoms. The summed E-state index contributed by atoms with van der Waals surface area (Å²) in [5.41, 5.74) is 4.46. The molecular weight excluding hydrogens is 101 g/mol. The fourth-order valence-electron chi connectivity index (χ4n) is 0.0713. The molecule has 0 atom stereocenters. The summed E-state index contributed by atoms with van der Waals surface area (Å²) in [6, 6.07) is 0. The van der Waals surface area contributed by atoms with Crippen molar-refractivity contribution in [2.24, 2.45) is 5.73 Å². The van der Waals surface area contributed by atoms with E-state index in [0.717, 1.165) is 0 Å². The van der Waals surface area contributed by atoms with Crippen LogP contribution in [0.3, 0.4) is 0 Å². The second kappa shape index (κ2) is 2.17. The zero-order valence-corrected chi connectivity index (χ0v) is 3.39. The standard InChI is InChI=1S/C3H4FNO2/c4-2(1-5)3(6)7/h1H,5H2,(H,6,7)/b2-1+. The van der Waals surface area contributed by atoms with Crippen LogP contribution in [0.25, 0.3) is 0 Å². The second-order valence-electron chi connectivity index (χ2n) is 0.820. The van der Waals surface area contributed by atoms with Gasteiger partial charge in [-0.25, -0.2) is 4.79 Å². The molecule has 0 radical (unpaired) electrons. The van der Waals surface area contributed by atoms with E-state index in [2.05, 4.69) is 5.73 Å². The molecule has 3 N–H and O–H groups in total. The number of hydrogen-bond donors (Lipinski definition) is 2. The Hall–Kier alpha value is -1.06. The van der Waals surface area contributed by atoms with Gasteiger partial charge >= 0.3 is 5.97 Å². The minimum absolute atomic E-state index is 0.391. The Kier molecular flexibility index (Phi) is 1.84. The normalized spacial score (nSPS) is 11.3. The van der Waals surface area contributed by atoms with Crippen LogP contribution >= 0.6 is 0 Å². The molecule has 0 bridgehead atoms. The summed E-state index contributed by atoms with van der Waals surface area (Å²) < 4.78 is 11.4. The molecule has 0 fully saturated rings. The third-order valence-electron chi connectivity index (χ3n) is 0.351. The molecule has 0 heterocycles. The highest BCUT2D eigenvalue weighted by Gasteiger charge is 2.00. The maximum Gasteiger partial charge on any atom is 0.366 e. The van der Waals surface area contributed by atoms with Crippen molar-refractivity contribution in [3.05, 3.63) is 12.0 Å². The van der Waals surface area contributed by atoms with Crippen LogP contribution in [0, 0.1) is 0 Å². The quantitative estimate of drug-likeness (QED) is 0.455. The second-order valence-corrected chi connectivity index (χ2v) is 0.820. The topological polar surface area (TPSA) is 63.3 Å². The Labute approximate surface area is 39.2 Å². The molecule has 3 nitrogen and oxygen atoms in total. The van der Waals surface area contributed by atoms with Gasteiger partial charge in [0.15, 0.2) is 0 Å². The first-order valence-corrected chi connectivity index (χ1v) is 1.49. The van der Waals surface area contributed by atoms with E-state index in [0.29, 0.717) is 6.20 Å². The van der Waals surface area contributed by atoms with Gasteiger partial charge in [0.1, 0.15) is 0 Å². The Bertz CT molecular complexity index is 110. The van der Waals surface area contributed by atoms with Crippen molar-refractivity contribution >= 4 is 5.97 Å². The first kappa shape index (κ1) is 5.94. The summed E-state index contributed by atoms with van der Waals surface area (Å²) in [6.45, 7) is 0. The largest absolute Gasteiger partial charge is 0.476 e. The van der Waals surface area contributed by atoms with Crippen molar-refractivity contribution in [2.45, 2.75) is 0 Å². The monoisotopic (exact) mass is 105 g/mol. The Morgan fingerprint density at radius 1 is 1.86 bits per heavy atom. The summed E-state index contributed by atoms with van der Waals surface area (Å²) in [7, 11) is 0. The van der Waals surface area contributed by atoms with Gasteiger partial charge in [-0.2, -0.15) is 4.39 Å². The molecule has 0 aliphatic carbocycles. The lowest BCUT2D eigenvalue weighted by molar-refractivity contribution is -0.134. The van der Waals surface area contributed by atoms with Crippen molar-refractivity contribution in [3.63, 3.8) is 0 Å². The van der Waals surface area contributed by atoms with Crippen LogP contribution in [-0.2, 0) is 4.79 Å². The fourth-order valence-corrected chi connectivity index (χ4v) is 0.0713. The molecule has 0 aliphatic rings. The Morgan fingerprint density at radius 3 is 2.29 bits per heavy atom. The van der Waals surface area contributed by atoms with Gasteiger partial charge in [-0.1, -0.05) is 0 Å². The molecule has 0 saturated carbocycles. The lowest BCUT2D eigenvalue weighted by Gasteiger charge is -1.79. The van der Waals surface area contributed by atoms with E-state index in [1.807, 2.05) is 0 Å². The third-order valence-corrected chi connectivity index (χ3v) is 0.351. The molecule has 0 amide bonds. The molecule has 0 aliphatic heterocycles. The Balaban J connectivity index is 3.82. The summed E-state index contributed by atoms with van der Waals surface area (Å²) in [5, 5.41) is 7.66. The molecule has 0 aromatic rings. The van der Waals surface area contributed by atoms with E-state index in [-0.39, 0.29) is 0 Å². The van der Waals surface area contributed by atoms with Crippen molar-refractivity contribution in [1.29, 1.82) is 0 Å². The molecule has 0 aromatic heterocycles. The van der Waals surface area contributed by atoms with Gasteiger partial charge in [0.05, 0.1) is 0 Å². The van der Waals surface area contributed by atoms with Gasteiger partial charge in [-0.15, -0.1) is 0 Å². The molecule has 7 heavy (non-hydrogen) atoms. The number of nitrogens with two attached hydrogens (primary N) is 1. The van der Waals surface area contributed by atoms with Crippen LogP contribution in [0.15, 0.2) is 12.0 Å². The maximum atomic E-state index is 11.4. The van der Waals surface area contributed by atoms with Gasteiger partial charge in [0.2, 0.25) is 5.83 Å². The van der Waals surface area contributed by atoms with E-state index >= 15 is 0 Å². The van der Waals surface area contributed by atoms with E-state index in [4.69, 9.17) is 5.11 Å². The Morgan fingerprint density at radius 2 is 2.29 bits per heavy atom. The van der Waals surface area contributed by atoms with Gasteiger partial charge in [-0.3, -0.25) is 0 Å². The summed E-state index contributed by atoms with van der Waals surface area (Å²) in [6.07, 6.45) is 0.391. The molecule has 0 aromatic carbocycles. The SMILES string of the molecule is N/C=C(/F)C(=O)O. The highest BCUT2D eigenvalue weighted by Crippen LogP contribution is 1.89. The molecule has 4 heteroatoms. The van der Waals surface area contributed by atoms with Crippen LogP contribution in [-0.4, -0.2) is 11.1 Å². The van der Waals surface area contributed by atoms with E-state index in [9.17, 15) is 9.18 Å². The summed E-state index contributed by atoms with van der Waals surface area (Å²) in [5.74, 6) is -2.97. The van der Waals surface area contributed by atoms with Crippen LogP contribution in [0.5, 0.6) is 0 Å². The average molecular weight is 105 g/mol. The van der Waals surface area contributed by atoms with E-state index < -0.39 is 11.8 Å². The van der Waals surface area contributed by atoms with Crippen molar-refractivity contribution < 1.29 is 14.3 Å². The summed E-state index contributed by atoms with van der Waals surface area (Å²) >= 11 is 0. The lowest BCUT2D eigenvalue weighted by Crippen LogP contribution is -1.96. The highest BCUT2D eigenvalue weighted by atomic mass is 19.1. The zero-order valence-electron chi connectivity index (χ0n) is 3.39. The number of aliphatic carboxylic acids is 1. The molecule has 40 valence electrons. The van der Waals surface area contributed by atoms with Crippen molar-refractivity contribution in [1.82, 2.24) is 0 Å². The smallest absolute Gasteiger partial charge is 0.366 e. The molecule has 0 unspecified atom stereocenters. The number of carbonyl (C=O) groups is 1. The minimum atomic E-state index is -1.64. The zero-order chi connectivity index (χ0) is 5.86. The third kappa shape index (κ3) is 1.75. The average Bonchev–Trinajstić information content (AvgIpc) is 1.65. The number of halogens is 1. The van der Waals surface area contributed by atoms with Crippen LogP contribution in [0.4, 0.5) is 4.39 Å². The summed E-state index contributed by atoms with van der Waals surface area (Å²) in [4.78, 5) is 9.41. The predicted octanol–water partition coefficient (Wildman–Crippen LogP) is -0.159. The first-order chi connectivity index (χ1) is 3.18. The number of carboxylic acid groups (broad SMARTS) is 1. The van der Waals surface area contributed by atoms with Gasteiger partial charge < -0.3 is 10.8 Å².